The summed E-state index contributed by atoms with van der Waals surface area (Å²) in [6.45, 7) is 4.42. The van der Waals surface area contributed by atoms with E-state index < -0.39 is 0 Å². The Morgan fingerprint density at radius 2 is 1.91 bits per heavy atom. The molecule has 1 saturated carbocycles. The number of benzene rings is 1. The van der Waals surface area contributed by atoms with Crippen LogP contribution in [0.5, 0.6) is 0 Å². The Morgan fingerprint density at radius 1 is 1.17 bits per heavy atom. The number of rotatable bonds is 2. The molecule has 0 saturated heterocycles. The first-order valence-corrected chi connectivity index (χ1v) is 8.68. The summed E-state index contributed by atoms with van der Waals surface area (Å²) in [6, 6.07) is 10.6. The SMILES string of the molecule is CC=C(c1ccccc1)[N+]1=C(C)C2(CCCCC2)n2ccnc21. The first-order valence-electron chi connectivity index (χ1n) is 8.68. The number of nitrogens with zero attached hydrogens (tertiary/aromatic N) is 3. The van der Waals surface area contributed by atoms with Gasteiger partial charge in [-0.05, 0) is 45.6 Å². The van der Waals surface area contributed by atoms with E-state index in [9.17, 15) is 0 Å². The molecule has 1 fully saturated rings. The molecule has 1 aliphatic carbocycles. The van der Waals surface area contributed by atoms with Crippen molar-refractivity contribution < 1.29 is 4.58 Å². The molecular formula is C20H24N3+. The van der Waals surface area contributed by atoms with Crippen LogP contribution in [0.1, 0.15) is 51.5 Å². The third kappa shape index (κ3) is 2.03. The van der Waals surface area contributed by atoms with Gasteiger partial charge in [-0.3, -0.25) is 0 Å². The van der Waals surface area contributed by atoms with Crippen molar-refractivity contribution in [1.29, 1.82) is 0 Å². The summed E-state index contributed by atoms with van der Waals surface area (Å²) in [5.41, 5.74) is 4.04. The monoisotopic (exact) mass is 306 g/mol. The lowest BCUT2D eigenvalue weighted by Gasteiger charge is -2.31. The molecule has 2 heterocycles. The van der Waals surface area contributed by atoms with Gasteiger partial charge in [0.15, 0.2) is 0 Å². The van der Waals surface area contributed by atoms with Crippen LogP contribution in [0.3, 0.4) is 0 Å². The molecule has 3 nitrogen and oxygen atoms in total. The van der Waals surface area contributed by atoms with Crippen LogP contribution in [0.15, 0.2) is 48.8 Å². The van der Waals surface area contributed by atoms with Crippen molar-refractivity contribution in [2.75, 3.05) is 0 Å². The van der Waals surface area contributed by atoms with E-state index in [1.165, 1.54) is 49.1 Å². The summed E-state index contributed by atoms with van der Waals surface area (Å²) >= 11 is 0. The highest BCUT2D eigenvalue weighted by atomic mass is 15.3. The van der Waals surface area contributed by atoms with Gasteiger partial charge in [0.05, 0.1) is 5.71 Å². The van der Waals surface area contributed by atoms with E-state index in [1.807, 2.05) is 6.20 Å². The normalized spacial score (nSPS) is 20.2. The van der Waals surface area contributed by atoms with Crippen LogP contribution in [-0.4, -0.2) is 19.8 Å². The van der Waals surface area contributed by atoms with Gasteiger partial charge >= 0.3 is 5.95 Å². The minimum Gasteiger partial charge on any atom is -0.220 e. The minimum absolute atomic E-state index is 0.132. The third-order valence-corrected chi connectivity index (χ3v) is 5.56. The lowest BCUT2D eigenvalue weighted by Crippen LogP contribution is -2.40. The van der Waals surface area contributed by atoms with Crippen molar-refractivity contribution in [3.63, 3.8) is 0 Å². The number of fused-ring (bicyclic) bond motifs is 2. The predicted octanol–water partition coefficient (Wildman–Crippen LogP) is 4.72. The van der Waals surface area contributed by atoms with E-state index in [4.69, 9.17) is 4.98 Å². The molecule has 3 heteroatoms. The summed E-state index contributed by atoms with van der Waals surface area (Å²) in [4.78, 5) is 4.70. The van der Waals surface area contributed by atoms with Gasteiger partial charge in [-0.2, -0.15) is 4.58 Å². The highest BCUT2D eigenvalue weighted by Crippen LogP contribution is 2.44. The van der Waals surface area contributed by atoms with Crippen LogP contribution >= 0.6 is 0 Å². The zero-order chi connectivity index (χ0) is 15.9. The Bertz CT molecular complexity index is 774. The highest BCUT2D eigenvalue weighted by molar-refractivity contribution is 5.90. The van der Waals surface area contributed by atoms with E-state index in [2.05, 4.69) is 65.6 Å². The summed E-state index contributed by atoms with van der Waals surface area (Å²) in [6.07, 6.45) is 12.7. The van der Waals surface area contributed by atoms with Crippen LogP contribution in [0.25, 0.3) is 5.70 Å². The maximum atomic E-state index is 4.70. The summed E-state index contributed by atoms with van der Waals surface area (Å²) in [7, 11) is 0. The molecule has 1 aromatic carbocycles. The van der Waals surface area contributed by atoms with Crippen LogP contribution in [0, 0.1) is 0 Å². The quantitative estimate of drug-likeness (QED) is 0.735. The van der Waals surface area contributed by atoms with Crippen molar-refractivity contribution in [3.05, 3.63) is 54.4 Å². The molecule has 0 atom stereocenters. The fourth-order valence-electron chi connectivity index (χ4n) is 4.39. The largest absolute Gasteiger partial charge is 0.404 e. The van der Waals surface area contributed by atoms with E-state index in [0.717, 1.165) is 5.95 Å². The lowest BCUT2D eigenvalue weighted by atomic mass is 9.78. The van der Waals surface area contributed by atoms with Gasteiger partial charge in [-0.25, -0.2) is 4.57 Å². The van der Waals surface area contributed by atoms with Gasteiger partial charge < -0.3 is 0 Å². The average Bonchev–Trinajstić information content (AvgIpc) is 3.16. The van der Waals surface area contributed by atoms with Crippen molar-refractivity contribution >= 4 is 17.4 Å². The Kier molecular flexibility index (Phi) is 3.44. The molecule has 23 heavy (non-hydrogen) atoms. The standard InChI is InChI=1S/C20H24N3/c1-3-18(17-10-6-4-7-11-17)23-16(2)20(12-8-5-9-13-20)22-15-14-21-19(22)23/h3-4,6-7,10-11,14-15H,5,8-9,12-13H2,1-2H3/q+1. The zero-order valence-electron chi connectivity index (χ0n) is 14.0. The number of aromatic nitrogens is 2. The molecule has 1 spiro atoms. The molecule has 0 unspecified atom stereocenters. The molecule has 4 rings (SSSR count). The third-order valence-electron chi connectivity index (χ3n) is 5.56. The average molecular weight is 306 g/mol. The molecular weight excluding hydrogens is 282 g/mol. The van der Waals surface area contributed by atoms with Crippen LogP contribution in [0.4, 0.5) is 5.95 Å². The van der Waals surface area contributed by atoms with Crippen LogP contribution in [-0.2, 0) is 5.54 Å². The van der Waals surface area contributed by atoms with E-state index in [1.54, 1.807) is 0 Å². The second-order valence-electron chi connectivity index (χ2n) is 6.65. The lowest BCUT2D eigenvalue weighted by molar-refractivity contribution is -0.338. The molecule has 0 bridgehead atoms. The number of hydrogen-bond acceptors (Lipinski definition) is 1. The molecule has 2 aliphatic rings. The molecule has 118 valence electrons. The Labute approximate surface area is 138 Å². The van der Waals surface area contributed by atoms with Crippen molar-refractivity contribution in [2.24, 2.45) is 0 Å². The maximum Gasteiger partial charge on any atom is 0.404 e. The van der Waals surface area contributed by atoms with Crippen molar-refractivity contribution in [2.45, 2.75) is 51.5 Å². The first-order chi connectivity index (χ1) is 11.3. The number of imidazole rings is 1. The molecule has 0 radical (unpaired) electrons. The van der Waals surface area contributed by atoms with Gasteiger partial charge in [-0.15, -0.1) is 0 Å². The molecule has 0 N–H and O–H groups in total. The zero-order valence-corrected chi connectivity index (χ0v) is 14.0. The van der Waals surface area contributed by atoms with Gasteiger partial charge in [0.2, 0.25) is 0 Å². The maximum absolute atomic E-state index is 4.70. The molecule has 0 amide bonds. The molecule has 1 aromatic heterocycles. The Morgan fingerprint density at radius 3 is 2.61 bits per heavy atom. The minimum atomic E-state index is 0.132. The van der Waals surface area contributed by atoms with Gasteiger partial charge in [0.25, 0.3) is 0 Å². The highest BCUT2D eigenvalue weighted by Gasteiger charge is 2.50. The Balaban J connectivity index is 1.91. The fourth-order valence-corrected chi connectivity index (χ4v) is 4.39. The molecule has 1 aliphatic heterocycles. The summed E-state index contributed by atoms with van der Waals surface area (Å²) in [5.74, 6) is 1.07. The smallest absolute Gasteiger partial charge is 0.220 e. The van der Waals surface area contributed by atoms with E-state index >= 15 is 0 Å². The summed E-state index contributed by atoms with van der Waals surface area (Å²) in [5, 5.41) is 0. The number of allylic oxidation sites excluding steroid dienone is 1. The summed E-state index contributed by atoms with van der Waals surface area (Å²) < 4.78 is 4.80. The van der Waals surface area contributed by atoms with Crippen LogP contribution in [0.2, 0.25) is 0 Å². The first kappa shape index (κ1) is 14.4. The van der Waals surface area contributed by atoms with E-state index in [-0.39, 0.29) is 5.54 Å². The second-order valence-corrected chi connectivity index (χ2v) is 6.65. The van der Waals surface area contributed by atoms with Crippen molar-refractivity contribution in [1.82, 2.24) is 9.55 Å². The molecule has 2 aromatic rings. The van der Waals surface area contributed by atoms with Gasteiger partial charge in [0.1, 0.15) is 23.6 Å². The number of hydrogen-bond donors (Lipinski definition) is 0. The van der Waals surface area contributed by atoms with Crippen molar-refractivity contribution in [3.8, 4) is 0 Å². The van der Waals surface area contributed by atoms with E-state index in [0.29, 0.717) is 0 Å². The predicted molar refractivity (Wildman–Crippen MR) is 94.0 cm³/mol. The topological polar surface area (TPSA) is 20.8 Å². The van der Waals surface area contributed by atoms with Crippen LogP contribution < -0.4 is 0 Å². The fraction of sp³-hybridized carbons (Fsp3) is 0.400. The van der Waals surface area contributed by atoms with Gasteiger partial charge in [0, 0.05) is 5.56 Å². The van der Waals surface area contributed by atoms with Gasteiger partial charge in [-0.1, -0.05) is 41.7 Å². The second kappa shape index (κ2) is 5.48. The Hall–Kier alpha value is -2.16.